The van der Waals surface area contributed by atoms with Gasteiger partial charge in [0.25, 0.3) is 0 Å². The molecule has 5 aliphatic carbocycles. The van der Waals surface area contributed by atoms with E-state index in [1.165, 1.54) is 5.57 Å². The van der Waals surface area contributed by atoms with Gasteiger partial charge in [0.05, 0.1) is 31.3 Å². The predicted octanol–water partition coefficient (Wildman–Crippen LogP) is 0.636. The van der Waals surface area contributed by atoms with E-state index in [0.717, 1.165) is 38.5 Å². The zero-order valence-electron chi connectivity index (χ0n) is 38.4. The Labute approximate surface area is 376 Å². The van der Waals surface area contributed by atoms with Crippen LogP contribution in [-0.2, 0) is 33.2 Å². The number of carbonyl (C=O) groups excluding carboxylic acids is 1. The summed E-state index contributed by atoms with van der Waals surface area (Å²) in [7, 11) is 0. The minimum Gasteiger partial charge on any atom is -0.432 e. The Bertz CT molecular complexity index is 1730. The standard InChI is InChI=1S/C47H76O17/c1-21-10-15-47(42(58)64-41-36(56)34(54)32(52)26(19-49)61-41)17-16-45(6)23(30(47)22(21)2)8-9-28-44(5)13-12-29(43(3,4)27(44)11-14-46(28,45)7)62-39-37(57)38(24(50)20-59-39)63-40-35(55)33(53)31(51)25(18-48)60-40/h8,21-22,24-41,48-57H,9-20H2,1-7H3/t21-,22+,24+,25-,26-,27?,28-,29+,30-,31-,32-,33+,34+,35-,36-,37-,38+,39+,40-,41+,44+,45-,46-,47+/m1/s1. The molecule has 64 heavy (non-hydrogen) atoms. The van der Waals surface area contributed by atoms with E-state index < -0.39 is 111 Å². The molecule has 0 amide bonds. The van der Waals surface area contributed by atoms with E-state index in [9.17, 15) is 55.9 Å². The molecule has 0 aromatic rings. The molecule has 3 aliphatic heterocycles. The Balaban J connectivity index is 1.01. The van der Waals surface area contributed by atoms with Crippen LogP contribution in [0.15, 0.2) is 11.6 Å². The molecule has 1 unspecified atom stereocenters. The summed E-state index contributed by atoms with van der Waals surface area (Å²) in [6.07, 6.45) is -11.6. The van der Waals surface area contributed by atoms with Crippen molar-refractivity contribution in [2.45, 2.75) is 198 Å². The third-order valence-electron chi connectivity index (χ3n) is 19.3. The van der Waals surface area contributed by atoms with Gasteiger partial charge in [0.1, 0.15) is 67.1 Å². The average Bonchev–Trinajstić information content (AvgIpc) is 3.25. The number of esters is 1. The molecule has 10 N–H and O–H groups in total. The number of aliphatic hydroxyl groups excluding tert-OH is 10. The van der Waals surface area contributed by atoms with Gasteiger partial charge in [0.2, 0.25) is 6.29 Å². The first-order valence-electron chi connectivity index (χ1n) is 23.8. The van der Waals surface area contributed by atoms with Crippen molar-refractivity contribution in [3.05, 3.63) is 11.6 Å². The van der Waals surface area contributed by atoms with Gasteiger partial charge in [-0.15, -0.1) is 0 Å². The largest absolute Gasteiger partial charge is 0.432 e. The Hall–Kier alpha value is -1.39. The van der Waals surface area contributed by atoms with Crippen LogP contribution in [0.5, 0.6) is 0 Å². The molecule has 17 heteroatoms. The second-order valence-corrected chi connectivity index (χ2v) is 22.4. The average molecular weight is 913 g/mol. The Morgan fingerprint density at radius 2 is 1.31 bits per heavy atom. The highest BCUT2D eigenvalue weighted by Crippen LogP contribution is 2.76. The van der Waals surface area contributed by atoms with Crippen molar-refractivity contribution in [2.75, 3.05) is 19.8 Å². The first kappa shape index (κ1) is 49.0. The first-order valence-corrected chi connectivity index (χ1v) is 23.8. The van der Waals surface area contributed by atoms with Crippen LogP contribution in [0, 0.1) is 56.7 Å². The summed E-state index contributed by atoms with van der Waals surface area (Å²) in [6, 6.07) is 0. The van der Waals surface area contributed by atoms with Crippen LogP contribution in [0.25, 0.3) is 0 Å². The second kappa shape index (κ2) is 17.5. The Kier molecular flexibility index (Phi) is 13.4. The molecule has 0 spiro atoms. The molecule has 0 aromatic carbocycles. The van der Waals surface area contributed by atoms with Crippen LogP contribution in [0.1, 0.15) is 106 Å². The lowest BCUT2D eigenvalue weighted by atomic mass is 9.33. The highest BCUT2D eigenvalue weighted by molar-refractivity contribution is 5.79. The van der Waals surface area contributed by atoms with E-state index in [0.29, 0.717) is 31.1 Å². The van der Waals surface area contributed by atoms with Crippen molar-refractivity contribution in [1.82, 2.24) is 0 Å². The van der Waals surface area contributed by atoms with Gasteiger partial charge in [-0.3, -0.25) is 4.79 Å². The zero-order valence-corrected chi connectivity index (χ0v) is 38.4. The summed E-state index contributed by atoms with van der Waals surface area (Å²) < 4.78 is 35.6. The molecular weight excluding hydrogens is 836 g/mol. The number of hydrogen-bond donors (Lipinski definition) is 10. The fourth-order valence-electron chi connectivity index (χ4n) is 15.0. The summed E-state index contributed by atoms with van der Waals surface area (Å²) >= 11 is 0. The topological polar surface area (TPSA) is 275 Å². The van der Waals surface area contributed by atoms with Gasteiger partial charge in [-0.2, -0.15) is 0 Å². The van der Waals surface area contributed by atoms with Crippen LogP contribution in [0.4, 0.5) is 0 Å². The second-order valence-electron chi connectivity index (χ2n) is 22.4. The molecule has 0 radical (unpaired) electrons. The van der Waals surface area contributed by atoms with Gasteiger partial charge in [0.15, 0.2) is 12.6 Å². The van der Waals surface area contributed by atoms with E-state index in [-0.39, 0.29) is 52.1 Å². The van der Waals surface area contributed by atoms with Crippen LogP contribution >= 0.6 is 0 Å². The normalized spacial score (nSPS) is 54.9. The summed E-state index contributed by atoms with van der Waals surface area (Å²) in [5.41, 5.74) is -0.394. The van der Waals surface area contributed by atoms with Crippen LogP contribution in [-0.4, -0.2) is 169 Å². The Morgan fingerprint density at radius 3 is 1.95 bits per heavy atom. The minimum absolute atomic E-state index is 0.0968. The fraction of sp³-hybridized carbons (Fsp3) is 0.936. The number of rotatable bonds is 8. The summed E-state index contributed by atoms with van der Waals surface area (Å²) in [4.78, 5) is 14.7. The Morgan fingerprint density at radius 1 is 0.688 bits per heavy atom. The van der Waals surface area contributed by atoms with Crippen LogP contribution in [0.2, 0.25) is 0 Å². The molecular formula is C47H76O17. The molecule has 3 saturated heterocycles. The maximum Gasteiger partial charge on any atom is 0.315 e. The first-order chi connectivity index (χ1) is 30.0. The molecule has 8 rings (SSSR count). The molecule has 24 atom stereocenters. The van der Waals surface area contributed by atoms with Crippen molar-refractivity contribution in [1.29, 1.82) is 0 Å². The molecule has 3 heterocycles. The van der Waals surface area contributed by atoms with Gasteiger partial charge in [0, 0.05) is 0 Å². The quantitative estimate of drug-likeness (QED) is 0.0909. The van der Waals surface area contributed by atoms with Gasteiger partial charge in [-0.05, 0) is 109 Å². The van der Waals surface area contributed by atoms with Gasteiger partial charge >= 0.3 is 5.97 Å². The molecule has 7 fully saturated rings. The highest BCUT2D eigenvalue weighted by Gasteiger charge is 2.70. The fourth-order valence-corrected chi connectivity index (χ4v) is 15.0. The molecule has 0 bridgehead atoms. The van der Waals surface area contributed by atoms with E-state index in [2.05, 4.69) is 54.5 Å². The van der Waals surface area contributed by atoms with E-state index >= 15 is 0 Å². The molecule has 17 nitrogen and oxygen atoms in total. The van der Waals surface area contributed by atoms with Crippen molar-refractivity contribution < 1.29 is 84.3 Å². The van der Waals surface area contributed by atoms with Gasteiger partial charge in [-0.1, -0.05) is 60.1 Å². The lowest BCUT2D eigenvalue weighted by Gasteiger charge is -2.71. The third-order valence-corrected chi connectivity index (χ3v) is 19.3. The molecule has 366 valence electrons. The number of hydrogen-bond acceptors (Lipinski definition) is 17. The van der Waals surface area contributed by atoms with Crippen molar-refractivity contribution >= 4 is 5.97 Å². The molecule has 0 aromatic heterocycles. The summed E-state index contributed by atoms with van der Waals surface area (Å²) in [5, 5.41) is 105. The van der Waals surface area contributed by atoms with Gasteiger partial charge in [-0.25, -0.2) is 0 Å². The van der Waals surface area contributed by atoms with Crippen molar-refractivity contribution in [3.63, 3.8) is 0 Å². The summed E-state index contributed by atoms with van der Waals surface area (Å²) in [6.45, 7) is 14.7. The number of fused-ring (bicyclic) bond motifs is 7. The monoisotopic (exact) mass is 913 g/mol. The maximum atomic E-state index is 14.7. The number of carbonyl (C=O) groups is 1. The van der Waals surface area contributed by atoms with Crippen LogP contribution in [0.3, 0.4) is 0 Å². The lowest BCUT2D eigenvalue weighted by molar-refractivity contribution is -0.357. The van der Waals surface area contributed by atoms with E-state index in [1.807, 2.05) is 0 Å². The van der Waals surface area contributed by atoms with Gasteiger partial charge < -0.3 is 79.5 Å². The highest BCUT2D eigenvalue weighted by atomic mass is 16.7. The molecule has 8 aliphatic rings. The third kappa shape index (κ3) is 7.40. The number of aliphatic hydroxyl groups is 10. The van der Waals surface area contributed by atoms with E-state index in [4.69, 9.17) is 28.4 Å². The predicted molar refractivity (Wildman–Crippen MR) is 224 cm³/mol. The number of ether oxygens (including phenoxy) is 6. The van der Waals surface area contributed by atoms with E-state index in [1.54, 1.807) is 0 Å². The minimum atomic E-state index is -1.72. The lowest BCUT2D eigenvalue weighted by Crippen LogP contribution is -2.66. The van der Waals surface area contributed by atoms with Crippen molar-refractivity contribution in [2.24, 2.45) is 56.7 Å². The SMILES string of the molecule is C[C@H]1[C@H](C)CC[C@]2(C(=O)O[C@@H]3O[C@H](CO)[C@@H](O)[C@H](O)[C@H]3O)CC[C@]3(C)C(=CC[C@@H]4[C@@]5(C)CC[C@H](O[C@@H]6OC[C@H](O)[C@H](O[C@H]7O[C@H](CO)[C@@H](O)[C@H](O)[C@H]7O)[C@H]6O)C(C)(C)C5CC[C@]43C)[C@@H]12. The zero-order chi connectivity index (χ0) is 46.6. The maximum absolute atomic E-state index is 14.7. The smallest absolute Gasteiger partial charge is 0.315 e. The van der Waals surface area contributed by atoms with Crippen LogP contribution < -0.4 is 0 Å². The molecule has 4 saturated carbocycles. The summed E-state index contributed by atoms with van der Waals surface area (Å²) in [5.74, 6) is 0.445. The van der Waals surface area contributed by atoms with Crippen molar-refractivity contribution in [3.8, 4) is 0 Å². The number of allylic oxidation sites excluding steroid dienone is 2.